The van der Waals surface area contributed by atoms with Gasteiger partial charge in [-0.25, -0.2) is 14.4 Å². The van der Waals surface area contributed by atoms with Crippen LogP contribution in [0.15, 0.2) is 18.2 Å². The molecule has 202 valence electrons. The van der Waals surface area contributed by atoms with Crippen LogP contribution in [0, 0.1) is 0 Å². The molecule has 1 aromatic rings. The minimum absolute atomic E-state index is 0.0330. The average Bonchev–Trinajstić information content (AvgIpc) is 2.82. The lowest BCUT2D eigenvalue weighted by molar-refractivity contribution is -0.143. The Hall–Kier alpha value is -3.54. The van der Waals surface area contributed by atoms with E-state index in [1.54, 1.807) is 26.8 Å². The van der Waals surface area contributed by atoms with E-state index in [1.165, 1.54) is 19.2 Å². The molecule has 1 aromatic carbocycles. The monoisotopic (exact) mass is 513 g/mol. The fraction of sp³-hybridized carbons (Fsp3) is 0.583. The van der Waals surface area contributed by atoms with Gasteiger partial charge in [0.05, 0.1) is 20.3 Å². The minimum Gasteiger partial charge on any atom is -0.468 e. The summed E-state index contributed by atoms with van der Waals surface area (Å²) in [6, 6.07) is 3.58. The van der Waals surface area contributed by atoms with Crippen LogP contribution in [0.25, 0.3) is 0 Å². The third-order valence-electron chi connectivity index (χ3n) is 4.55. The van der Waals surface area contributed by atoms with E-state index in [1.807, 2.05) is 6.92 Å². The first kappa shape index (κ1) is 30.5. The van der Waals surface area contributed by atoms with Crippen molar-refractivity contribution in [2.75, 3.05) is 33.5 Å². The molecule has 0 aliphatic rings. The Morgan fingerprint density at radius 1 is 0.889 bits per heavy atom. The van der Waals surface area contributed by atoms with E-state index in [4.69, 9.17) is 33.2 Å². The molecule has 0 radical (unpaired) electrons. The number of carbonyl (C=O) groups excluding carboxylic acids is 4. The standard InChI is InChI=1S/C24H35NO11/c1-6-9-16(4)34-24(29)33-13-12-25-18(21(26)30-5)14-17-10-11-19(35-22(27)31-7-2)20(15-17)36-23(28)32-8-3/h10-11,15-16,18,25H,6-9,12-14H2,1-5H3/t16?,18-/m0/s1. The lowest BCUT2D eigenvalue weighted by Gasteiger charge is -2.18. The second-order valence-electron chi connectivity index (χ2n) is 7.40. The third-order valence-corrected chi connectivity index (χ3v) is 4.55. The van der Waals surface area contributed by atoms with Gasteiger partial charge in [-0.05, 0) is 51.3 Å². The summed E-state index contributed by atoms with van der Waals surface area (Å²) in [5, 5.41) is 2.95. The van der Waals surface area contributed by atoms with Crippen LogP contribution >= 0.6 is 0 Å². The molecule has 0 amide bonds. The van der Waals surface area contributed by atoms with Gasteiger partial charge in [0.25, 0.3) is 0 Å². The highest BCUT2D eigenvalue weighted by molar-refractivity contribution is 5.76. The number of esters is 1. The highest BCUT2D eigenvalue weighted by Crippen LogP contribution is 2.30. The van der Waals surface area contributed by atoms with Crippen molar-refractivity contribution in [2.24, 2.45) is 0 Å². The van der Waals surface area contributed by atoms with E-state index in [0.717, 1.165) is 12.8 Å². The molecule has 0 saturated heterocycles. The Kier molecular flexibility index (Phi) is 14.4. The van der Waals surface area contributed by atoms with Crippen LogP contribution in [-0.4, -0.2) is 70.1 Å². The second-order valence-corrected chi connectivity index (χ2v) is 7.40. The Morgan fingerprint density at radius 3 is 2.11 bits per heavy atom. The molecule has 2 atom stereocenters. The van der Waals surface area contributed by atoms with Gasteiger partial charge in [0, 0.05) is 6.54 Å². The molecule has 1 rings (SSSR count). The number of nitrogens with one attached hydrogen (secondary N) is 1. The summed E-state index contributed by atoms with van der Waals surface area (Å²) in [4.78, 5) is 47.6. The fourth-order valence-electron chi connectivity index (χ4n) is 2.97. The molecule has 1 N–H and O–H groups in total. The Morgan fingerprint density at radius 2 is 1.53 bits per heavy atom. The van der Waals surface area contributed by atoms with Gasteiger partial charge in [-0.3, -0.25) is 4.79 Å². The third kappa shape index (κ3) is 11.7. The molecule has 0 aliphatic heterocycles. The van der Waals surface area contributed by atoms with Crippen LogP contribution in [0.1, 0.15) is 46.1 Å². The smallest absolute Gasteiger partial charge is 0.468 e. The Labute approximate surface area is 210 Å². The number of rotatable bonds is 14. The van der Waals surface area contributed by atoms with Crippen LogP contribution in [0.5, 0.6) is 11.5 Å². The molecule has 0 bridgehead atoms. The molecule has 36 heavy (non-hydrogen) atoms. The SMILES string of the molecule is CCCC(C)OC(=O)OCCN[C@@H](Cc1ccc(OC(=O)OCC)c(OC(=O)OCC)c1)C(=O)OC. The lowest BCUT2D eigenvalue weighted by Crippen LogP contribution is -2.41. The summed E-state index contributed by atoms with van der Waals surface area (Å²) in [5.41, 5.74) is 0.544. The van der Waals surface area contributed by atoms with Gasteiger partial charge in [-0.15, -0.1) is 0 Å². The van der Waals surface area contributed by atoms with Gasteiger partial charge in [0.15, 0.2) is 11.5 Å². The molecule has 12 nitrogen and oxygen atoms in total. The Balaban J connectivity index is 2.86. The van der Waals surface area contributed by atoms with E-state index >= 15 is 0 Å². The average molecular weight is 514 g/mol. The second kappa shape index (κ2) is 17.0. The van der Waals surface area contributed by atoms with Gasteiger partial charge in [0.2, 0.25) is 0 Å². The minimum atomic E-state index is -0.997. The summed E-state index contributed by atoms with van der Waals surface area (Å²) >= 11 is 0. The van der Waals surface area contributed by atoms with Crippen LogP contribution in [0.2, 0.25) is 0 Å². The van der Waals surface area contributed by atoms with Crippen molar-refractivity contribution in [3.05, 3.63) is 23.8 Å². The zero-order valence-corrected chi connectivity index (χ0v) is 21.3. The Bertz CT molecular complexity index is 858. The quantitative estimate of drug-likeness (QED) is 0.167. The molecule has 0 spiro atoms. The largest absolute Gasteiger partial charge is 0.513 e. The molecule has 12 heteroatoms. The van der Waals surface area contributed by atoms with E-state index in [-0.39, 0.29) is 50.4 Å². The van der Waals surface area contributed by atoms with Gasteiger partial charge >= 0.3 is 24.4 Å². The van der Waals surface area contributed by atoms with Crippen LogP contribution in [0.4, 0.5) is 14.4 Å². The summed E-state index contributed by atoms with van der Waals surface area (Å²) in [5.74, 6) is -0.735. The summed E-state index contributed by atoms with van der Waals surface area (Å²) in [6.45, 7) is 7.26. The molecule has 0 aromatic heterocycles. The van der Waals surface area contributed by atoms with Gasteiger partial charge in [-0.2, -0.15) is 0 Å². The van der Waals surface area contributed by atoms with Gasteiger partial charge in [-0.1, -0.05) is 19.4 Å². The maximum Gasteiger partial charge on any atom is 0.513 e. The van der Waals surface area contributed by atoms with Crippen molar-refractivity contribution in [1.82, 2.24) is 5.32 Å². The first-order valence-corrected chi connectivity index (χ1v) is 11.7. The molecule has 0 heterocycles. The van der Waals surface area contributed by atoms with Crippen molar-refractivity contribution >= 4 is 24.4 Å². The van der Waals surface area contributed by atoms with E-state index in [0.29, 0.717) is 5.56 Å². The summed E-state index contributed by atoms with van der Waals surface area (Å²) in [6.07, 6.45) is -1.30. The highest BCUT2D eigenvalue weighted by Gasteiger charge is 2.22. The van der Waals surface area contributed by atoms with E-state index in [2.05, 4.69) is 5.32 Å². The van der Waals surface area contributed by atoms with Crippen LogP contribution in [0.3, 0.4) is 0 Å². The number of benzene rings is 1. The number of hydrogen-bond donors (Lipinski definition) is 1. The number of ether oxygens (including phenoxy) is 7. The summed E-state index contributed by atoms with van der Waals surface area (Å²) < 4.78 is 34.7. The van der Waals surface area contributed by atoms with Crippen molar-refractivity contribution in [1.29, 1.82) is 0 Å². The normalized spacial score (nSPS) is 12.0. The molecular formula is C24H35NO11. The van der Waals surface area contributed by atoms with Gasteiger partial charge in [0.1, 0.15) is 18.8 Å². The summed E-state index contributed by atoms with van der Waals surface area (Å²) in [7, 11) is 1.24. The number of carbonyl (C=O) groups is 4. The zero-order valence-electron chi connectivity index (χ0n) is 21.3. The van der Waals surface area contributed by atoms with Crippen LogP contribution in [-0.2, 0) is 34.9 Å². The zero-order chi connectivity index (χ0) is 26.9. The van der Waals surface area contributed by atoms with Crippen molar-refractivity contribution in [3.8, 4) is 11.5 Å². The fourth-order valence-corrected chi connectivity index (χ4v) is 2.97. The maximum absolute atomic E-state index is 12.3. The highest BCUT2D eigenvalue weighted by atomic mass is 16.7. The molecule has 1 unspecified atom stereocenters. The predicted molar refractivity (Wildman–Crippen MR) is 126 cm³/mol. The topological polar surface area (TPSA) is 145 Å². The first-order valence-electron chi connectivity index (χ1n) is 11.7. The van der Waals surface area contributed by atoms with Crippen molar-refractivity contribution < 1.29 is 52.3 Å². The molecule has 0 aliphatic carbocycles. The molecule has 0 fully saturated rings. The van der Waals surface area contributed by atoms with Gasteiger partial charge < -0.3 is 38.5 Å². The van der Waals surface area contributed by atoms with Crippen molar-refractivity contribution in [2.45, 2.75) is 59.1 Å². The number of methoxy groups -OCH3 is 1. The van der Waals surface area contributed by atoms with Crippen molar-refractivity contribution in [3.63, 3.8) is 0 Å². The molecular weight excluding hydrogens is 478 g/mol. The number of hydrogen-bond acceptors (Lipinski definition) is 12. The predicted octanol–water partition coefficient (Wildman–Crippen LogP) is 3.77. The maximum atomic E-state index is 12.3. The molecule has 0 saturated carbocycles. The first-order chi connectivity index (χ1) is 17.2. The lowest BCUT2D eigenvalue weighted by atomic mass is 10.1. The van der Waals surface area contributed by atoms with E-state index < -0.39 is 30.5 Å². The van der Waals surface area contributed by atoms with Crippen LogP contribution < -0.4 is 14.8 Å². The van der Waals surface area contributed by atoms with E-state index in [9.17, 15) is 19.2 Å².